The molecule has 0 bridgehead atoms. The van der Waals surface area contributed by atoms with E-state index < -0.39 is 0 Å². The topological polar surface area (TPSA) is 59.8 Å². The number of amides is 1. The minimum absolute atomic E-state index is 0.0251. The molecule has 0 aliphatic carbocycles. The number of allylic oxidation sites excluding steroid dienone is 1. The van der Waals surface area contributed by atoms with Gasteiger partial charge in [0.25, 0.3) is 0 Å². The molecule has 0 fully saturated rings. The largest absolute Gasteiger partial charge is 0.355 e. The van der Waals surface area contributed by atoms with Crippen LogP contribution in [0.4, 0.5) is 0 Å². The Kier molecular flexibility index (Phi) is 7.55. The van der Waals surface area contributed by atoms with Gasteiger partial charge in [-0.2, -0.15) is 0 Å². The molecule has 1 atom stereocenters. The smallest absolute Gasteiger partial charge is 0.233 e. The van der Waals surface area contributed by atoms with E-state index in [9.17, 15) is 4.79 Å². The van der Waals surface area contributed by atoms with Gasteiger partial charge < -0.3 is 5.32 Å². The van der Waals surface area contributed by atoms with Crippen molar-refractivity contribution in [3.05, 3.63) is 40.9 Å². The number of benzene rings is 1. The number of hydrogen-bond acceptors (Lipinski definition) is 4. The highest BCUT2D eigenvalue weighted by Crippen LogP contribution is 2.32. The number of thioether (sulfide) groups is 1. The van der Waals surface area contributed by atoms with Gasteiger partial charge in [-0.25, -0.2) is 0 Å². The Morgan fingerprint density at radius 1 is 1.35 bits per heavy atom. The lowest BCUT2D eigenvalue weighted by molar-refractivity contribution is -0.120. The van der Waals surface area contributed by atoms with E-state index in [1.807, 2.05) is 17.6 Å². The first-order valence-corrected chi connectivity index (χ1v) is 9.91. The van der Waals surface area contributed by atoms with Crippen LogP contribution in [0.3, 0.4) is 0 Å². The third-order valence-electron chi connectivity index (χ3n) is 3.54. The van der Waals surface area contributed by atoms with Gasteiger partial charge in [0, 0.05) is 23.7 Å². The Balaban J connectivity index is 2.26. The molecule has 0 saturated heterocycles. The molecule has 0 unspecified atom stereocenters. The summed E-state index contributed by atoms with van der Waals surface area (Å²) in [6.45, 7) is 10.9. The van der Waals surface area contributed by atoms with Crippen LogP contribution >= 0.6 is 35.0 Å². The normalized spacial score (nSPS) is 12.2. The lowest BCUT2D eigenvalue weighted by Crippen LogP contribution is -2.33. The quantitative estimate of drug-likeness (QED) is 0.504. The van der Waals surface area contributed by atoms with Crippen molar-refractivity contribution >= 4 is 40.9 Å². The maximum Gasteiger partial charge on any atom is 0.233 e. The highest BCUT2D eigenvalue weighted by Gasteiger charge is 2.21. The van der Waals surface area contributed by atoms with Crippen LogP contribution in [-0.4, -0.2) is 32.5 Å². The molecule has 0 radical (unpaired) electrons. The van der Waals surface area contributed by atoms with Gasteiger partial charge in [-0.3, -0.25) is 9.36 Å². The zero-order chi connectivity index (χ0) is 19.3. The first-order chi connectivity index (χ1) is 12.3. The Labute approximate surface area is 168 Å². The number of carbonyl (C=O) groups is 1. The van der Waals surface area contributed by atoms with Crippen LogP contribution in [0.5, 0.6) is 0 Å². The molecular formula is C18H22Cl2N4OS. The van der Waals surface area contributed by atoms with Gasteiger partial charge in [0.05, 0.1) is 10.3 Å². The van der Waals surface area contributed by atoms with Crippen LogP contribution in [0, 0.1) is 5.92 Å². The van der Waals surface area contributed by atoms with Crippen molar-refractivity contribution in [2.45, 2.75) is 37.7 Å². The molecule has 8 heteroatoms. The average Bonchev–Trinajstić information content (AvgIpc) is 2.95. The van der Waals surface area contributed by atoms with E-state index in [0.29, 0.717) is 40.0 Å². The van der Waals surface area contributed by atoms with Crippen molar-refractivity contribution < 1.29 is 4.79 Å². The summed E-state index contributed by atoms with van der Waals surface area (Å²) in [7, 11) is 0. The minimum atomic E-state index is -0.296. The zero-order valence-corrected chi connectivity index (χ0v) is 17.3. The fourth-order valence-electron chi connectivity index (χ4n) is 2.20. The summed E-state index contributed by atoms with van der Waals surface area (Å²) in [5.74, 6) is 0.992. The molecular weight excluding hydrogens is 391 g/mol. The molecule has 1 heterocycles. The van der Waals surface area contributed by atoms with Gasteiger partial charge in [0.15, 0.2) is 11.0 Å². The summed E-state index contributed by atoms with van der Waals surface area (Å²) in [6, 6.07) is 5.23. The molecule has 1 aromatic heterocycles. The Hall–Kier alpha value is -1.50. The lowest BCUT2D eigenvalue weighted by Gasteiger charge is -2.14. The summed E-state index contributed by atoms with van der Waals surface area (Å²) >= 11 is 13.6. The summed E-state index contributed by atoms with van der Waals surface area (Å²) in [4.78, 5) is 12.2. The Morgan fingerprint density at radius 3 is 2.69 bits per heavy atom. The van der Waals surface area contributed by atoms with Gasteiger partial charge in [-0.1, -0.05) is 54.9 Å². The molecule has 5 nitrogen and oxygen atoms in total. The van der Waals surface area contributed by atoms with Crippen molar-refractivity contribution in [3.8, 4) is 11.4 Å². The number of carbonyl (C=O) groups excluding carboxylic acids is 1. The van der Waals surface area contributed by atoms with Crippen LogP contribution in [0.1, 0.15) is 20.8 Å². The van der Waals surface area contributed by atoms with Gasteiger partial charge in [0.2, 0.25) is 5.91 Å². The maximum atomic E-state index is 12.2. The van der Waals surface area contributed by atoms with Crippen molar-refractivity contribution in [1.29, 1.82) is 0 Å². The van der Waals surface area contributed by atoms with Crippen LogP contribution in [0.15, 0.2) is 36.0 Å². The van der Waals surface area contributed by atoms with E-state index >= 15 is 0 Å². The number of nitrogens with zero attached hydrogens (tertiary/aromatic N) is 3. The molecule has 0 aliphatic rings. The van der Waals surface area contributed by atoms with E-state index in [1.165, 1.54) is 11.8 Å². The number of nitrogens with one attached hydrogen (secondary N) is 1. The van der Waals surface area contributed by atoms with Crippen molar-refractivity contribution in [3.63, 3.8) is 0 Å². The molecule has 140 valence electrons. The van der Waals surface area contributed by atoms with Crippen molar-refractivity contribution in [2.75, 3.05) is 6.54 Å². The van der Waals surface area contributed by atoms with E-state index in [-0.39, 0.29) is 11.2 Å². The SMILES string of the molecule is C=CCn1c(S[C@@H](C)C(=O)NCC(C)C)nnc1-c1ccc(Cl)cc1Cl. The van der Waals surface area contributed by atoms with Gasteiger partial charge in [0.1, 0.15) is 0 Å². The molecule has 0 aliphatic heterocycles. The summed E-state index contributed by atoms with van der Waals surface area (Å²) in [6.07, 6.45) is 1.75. The second kappa shape index (κ2) is 9.44. The van der Waals surface area contributed by atoms with Crippen LogP contribution in [0.25, 0.3) is 11.4 Å². The standard InChI is InChI=1S/C18H22Cl2N4OS/c1-5-8-24-16(14-7-6-13(19)9-15(14)20)22-23-18(24)26-12(4)17(25)21-10-11(2)3/h5-7,9,11-12H,1,8,10H2,2-4H3,(H,21,25)/t12-/m0/s1. The third-order valence-corrected chi connectivity index (χ3v) is 5.16. The molecule has 1 N–H and O–H groups in total. The monoisotopic (exact) mass is 412 g/mol. The first kappa shape index (κ1) is 20.8. The fourth-order valence-corrected chi connectivity index (χ4v) is 3.58. The average molecular weight is 413 g/mol. The lowest BCUT2D eigenvalue weighted by atomic mass is 10.2. The number of halogens is 2. The Bertz CT molecular complexity index is 791. The van der Waals surface area contributed by atoms with Crippen molar-refractivity contribution in [1.82, 2.24) is 20.1 Å². The summed E-state index contributed by atoms with van der Waals surface area (Å²) in [5, 5.41) is 12.8. The van der Waals surface area contributed by atoms with Crippen LogP contribution in [-0.2, 0) is 11.3 Å². The van der Waals surface area contributed by atoms with E-state index in [0.717, 1.165) is 5.56 Å². The highest BCUT2D eigenvalue weighted by atomic mass is 35.5. The molecule has 2 aromatic rings. The van der Waals surface area contributed by atoms with E-state index in [1.54, 1.807) is 18.2 Å². The van der Waals surface area contributed by atoms with Gasteiger partial charge in [-0.05, 0) is 31.0 Å². The second-order valence-corrected chi connectivity index (χ2v) is 8.38. The fraction of sp³-hybridized carbons (Fsp3) is 0.389. The number of hydrogen-bond donors (Lipinski definition) is 1. The van der Waals surface area contributed by atoms with Gasteiger partial charge >= 0.3 is 0 Å². The van der Waals surface area contributed by atoms with Crippen LogP contribution < -0.4 is 5.32 Å². The first-order valence-electron chi connectivity index (χ1n) is 8.27. The zero-order valence-electron chi connectivity index (χ0n) is 15.0. The van der Waals surface area contributed by atoms with Gasteiger partial charge in [-0.15, -0.1) is 16.8 Å². The highest BCUT2D eigenvalue weighted by molar-refractivity contribution is 8.00. The molecule has 2 rings (SSSR count). The third kappa shape index (κ3) is 5.25. The minimum Gasteiger partial charge on any atom is -0.355 e. The molecule has 1 amide bonds. The molecule has 1 aromatic carbocycles. The maximum absolute atomic E-state index is 12.2. The summed E-state index contributed by atoms with van der Waals surface area (Å²) in [5.41, 5.74) is 0.731. The predicted molar refractivity (Wildman–Crippen MR) is 109 cm³/mol. The second-order valence-electron chi connectivity index (χ2n) is 6.23. The molecule has 0 spiro atoms. The number of rotatable bonds is 8. The van der Waals surface area contributed by atoms with E-state index in [2.05, 4.69) is 35.9 Å². The predicted octanol–water partition coefficient (Wildman–Crippen LogP) is 4.69. The van der Waals surface area contributed by atoms with E-state index in [4.69, 9.17) is 23.2 Å². The molecule has 0 saturated carbocycles. The number of aromatic nitrogens is 3. The molecule has 26 heavy (non-hydrogen) atoms. The summed E-state index contributed by atoms with van der Waals surface area (Å²) < 4.78 is 1.89. The van der Waals surface area contributed by atoms with Crippen LogP contribution in [0.2, 0.25) is 10.0 Å². The Morgan fingerprint density at radius 2 is 2.08 bits per heavy atom. The van der Waals surface area contributed by atoms with Crippen molar-refractivity contribution in [2.24, 2.45) is 5.92 Å².